The maximum Gasteiger partial charge on any atom is 0.272 e. The zero-order valence-electron chi connectivity index (χ0n) is 12.7. The minimum absolute atomic E-state index is 0.0319. The average Bonchev–Trinajstić information content (AvgIpc) is 3.04. The Bertz CT molecular complexity index is 905. The standard InChI is InChI=1S/C16H13N5O3/c1-10-2-3-12(8-14(10)21(23)24)13-9-18-16(19-13)20-15(22)11-4-6-17-7-5-11/h2-9H,1H3,(H2,18,19,20,22). The molecule has 2 heterocycles. The third kappa shape index (κ3) is 3.12. The number of aromatic nitrogens is 3. The van der Waals surface area contributed by atoms with Crippen LogP contribution in [0.2, 0.25) is 0 Å². The number of hydrogen-bond acceptors (Lipinski definition) is 5. The Hall–Kier alpha value is -3.55. The van der Waals surface area contributed by atoms with Crippen molar-refractivity contribution in [3.05, 3.63) is 70.2 Å². The smallest absolute Gasteiger partial charge is 0.272 e. The van der Waals surface area contributed by atoms with E-state index in [2.05, 4.69) is 20.3 Å². The molecular weight excluding hydrogens is 310 g/mol. The first kappa shape index (κ1) is 15.3. The van der Waals surface area contributed by atoms with Crippen molar-refractivity contribution in [1.82, 2.24) is 15.0 Å². The van der Waals surface area contributed by atoms with Gasteiger partial charge in [-0.25, -0.2) is 4.98 Å². The van der Waals surface area contributed by atoms with Gasteiger partial charge in [0.15, 0.2) is 0 Å². The molecule has 3 rings (SSSR count). The highest BCUT2D eigenvalue weighted by Gasteiger charge is 2.14. The van der Waals surface area contributed by atoms with Crippen molar-refractivity contribution in [3.8, 4) is 11.3 Å². The van der Waals surface area contributed by atoms with Gasteiger partial charge in [-0.3, -0.25) is 25.2 Å². The number of carbonyl (C=O) groups excluding carboxylic acids is 1. The summed E-state index contributed by atoms with van der Waals surface area (Å²) in [5.74, 6) is -0.0665. The normalized spacial score (nSPS) is 10.4. The largest absolute Gasteiger partial charge is 0.324 e. The molecule has 8 heteroatoms. The summed E-state index contributed by atoms with van der Waals surface area (Å²) in [6.07, 6.45) is 4.55. The van der Waals surface area contributed by atoms with Crippen LogP contribution in [0.15, 0.2) is 48.9 Å². The number of imidazole rings is 1. The first-order valence-electron chi connectivity index (χ1n) is 7.06. The average molecular weight is 323 g/mol. The van der Waals surface area contributed by atoms with Crippen LogP contribution >= 0.6 is 0 Å². The van der Waals surface area contributed by atoms with Gasteiger partial charge in [0.2, 0.25) is 5.95 Å². The lowest BCUT2D eigenvalue weighted by molar-refractivity contribution is -0.385. The predicted molar refractivity (Wildman–Crippen MR) is 87.6 cm³/mol. The van der Waals surface area contributed by atoms with Gasteiger partial charge in [-0.2, -0.15) is 0 Å². The lowest BCUT2D eigenvalue weighted by Gasteiger charge is -2.02. The summed E-state index contributed by atoms with van der Waals surface area (Å²) in [5, 5.41) is 13.7. The SMILES string of the molecule is Cc1ccc(-c2cnc(NC(=O)c3ccncc3)[nH]2)cc1[N+](=O)[O-]. The Morgan fingerprint density at radius 3 is 2.71 bits per heavy atom. The number of anilines is 1. The van der Waals surface area contributed by atoms with Crippen LogP contribution in [0.25, 0.3) is 11.3 Å². The predicted octanol–water partition coefficient (Wildman–Crippen LogP) is 2.94. The highest BCUT2D eigenvalue weighted by molar-refractivity contribution is 6.03. The fraction of sp³-hybridized carbons (Fsp3) is 0.0625. The van der Waals surface area contributed by atoms with E-state index in [0.717, 1.165) is 0 Å². The number of hydrogen-bond donors (Lipinski definition) is 2. The summed E-state index contributed by atoms with van der Waals surface area (Å²) < 4.78 is 0. The molecule has 0 aliphatic heterocycles. The highest BCUT2D eigenvalue weighted by Crippen LogP contribution is 2.26. The van der Waals surface area contributed by atoms with Gasteiger partial charge in [-0.15, -0.1) is 0 Å². The Labute approximate surface area is 136 Å². The molecule has 1 amide bonds. The molecule has 2 N–H and O–H groups in total. The topological polar surface area (TPSA) is 114 Å². The van der Waals surface area contributed by atoms with Gasteiger partial charge >= 0.3 is 0 Å². The molecule has 0 aliphatic carbocycles. The van der Waals surface area contributed by atoms with Crippen molar-refractivity contribution in [2.45, 2.75) is 6.92 Å². The Morgan fingerprint density at radius 2 is 2.00 bits per heavy atom. The zero-order chi connectivity index (χ0) is 17.1. The van der Waals surface area contributed by atoms with Crippen LogP contribution < -0.4 is 5.32 Å². The number of nitrogens with zero attached hydrogens (tertiary/aromatic N) is 3. The molecule has 3 aromatic rings. The third-order valence-electron chi connectivity index (χ3n) is 3.47. The number of carbonyl (C=O) groups is 1. The molecule has 0 radical (unpaired) electrons. The molecule has 0 atom stereocenters. The number of amides is 1. The first-order valence-corrected chi connectivity index (χ1v) is 7.06. The van der Waals surface area contributed by atoms with E-state index in [1.54, 1.807) is 31.2 Å². The van der Waals surface area contributed by atoms with E-state index in [4.69, 9.17) is 0 Å². The van der Waals surface area contributed by atoms with Gasteiger partial charge in [-0.05, 0) is 19.1 Å². The molecule has 0 saturated heterocycles. The van der Waals surface area contributed by atoms with Crippen LogP contribution in [-0.4, -0.2) is 25.8 Å². The minimum atomic E-state index is -0.429. The summed E-state index contributed by atoms with van der Waals surface area (Å²) in [5.41, 5.74) is 2.25. The molecule has 0 saturated carbocycles. The maximum atomic E-state index is 12.1. The second-order valence-corrected chi connectivity index (χ2v) is 5.09. The van der Waals surface area contributed by atoms with Crippen LogP contribution in [0.1, 0.15) is 15.9 Å². The Kier molecular flexibility index (Phi) is 4.02. The number of nitro groups is 1. The van der Waals surface area contributed by atoms with Crippen molar-refractivity contribution < 1.29 is 9.72 Å². The summed E-state index contributed by atoms with van der Waals surface area (Å²) in [4.78, 5) is 33.5. The van der Waals surface area contributed by atoms with E-state index in [0.29, 0.717) is 22.4 Å². The number of H-pyrrole nitrogens is 1. The second-order valence-electron chi connectivity index (χ2n) is 5.09. The number of pyridine rings is 1. The molecule has 0 aliphatic rings. The van der Waals surface area contributed by atoms with Gasteiger partial charge in [0.25, 0.3) is 11.6 Å². The van der Waals surface area contributed by atoms with Gasteiger partial charge in [0.05, 0.1) is 16.8 Å². The number of nitro benzene ring substituents is 1. The van der Waals surface area contributed by atoms with Crippen molar-refractivity contribution in [2.75, 3.05) is 5.32 Å². The van der Waals surface area contributed by atoms with E-state index >= 15 is 0 Å². The van der Waals surface area contributed by atoms with Crippen molar-refractivity contribution in [3.63, 3.8) is 0 Å². The van der Waals surface area contributed by atoms with Crippen LogP contribution in [0.4, 0.5) is 11.6 Å². The van der Waals surface area contributed by atoms with Crippen molar-refractivity contribution >= 4 is 17.5 Å². The van der Waals surface area contributed by atoms with Crippen molar-refractivity contribution in [2.24, 2.45) is 0 Å². The number of benzene rings is 1. The Balaban J connectivity index is 1.82. The van der Waals surface area contributed by atoms with E-state index in [1.807, 2.05) is 0 Å². The van der Waals surface area contributed by atoms with Crippen molar-refractivity contribution in [1.29, 1.82) is 0 Å². The summed E-state index contributed by atoms with van der Waals surface area (Å²) in [6, 6.07) is 8.07. The van der Waals surface area contributed by atoms with Gasteiger partial charge in [-0.1, -0.05) is 12.1 Å². The summed E-state index contributed by atoms with van der Waals surface area (Å²) in [6.45, 7) is 1.68. The van der Waals surface area contributed by atoms with Crippen LogP contribution in [0.5, 0.6) is 0 Å². The lowest BCUT2D eigenvalue weighted by Crippen LogP contribution is -2.12. The van der Waals surface area contributed by atoms with Crippen LogP contribution in [0.3, 0.4) is 0 Å². The van der Waals surface area contributed by atoms with E-state index in [-0.39, 0.29) is 17.5 Å². The highest BCUT2D eigenvalue weighted by atomic mass is 16.6. The summed E-state index contributed by atoms with van der Waals surface area (Å²) in [7, 11) is 0. The number of aromatic amines is 1. The monoisotopic (exact) mass is 323 g/mol. The van der Waals surface area contributed by atoms with Crippen LogP contribution in [-0.2, 0) is 0 Å². The maximum absolute atomic E-state index is 12.1. The van der Waals surface area contributed by atoms with Gasteiger partial charge in [0.1, 0.15) is 0 Å². The minimum Gasteiger partial charge on any atom is -0.324 e. The number of aryl methyl sites for hydroxylation is 1. The van der Waals surface area contributed by atoms with Gasteiger partial charge < -0.3 is 4.98 Å². The number of nitrogens with one attached hydrogen (secondary N) is 2. The van der Waals surface area contributed by atoms with E-state index in [1.165, 1.54) is 24.7 Å². The molecule has 120 valence electrons. The molecule has 0 bridgehead atoms. The molecule has 0 unspecified atom stereocenters. The summed E-state index contributed by atoms with van der Waals surface area (Å²) >= 11 is 0. The fourth-order valence-corrected chi connectivity index (χ4v) is 2.19. The molecule has 2 aromatic heterocycles. The Morgan fingerprint density at radius 1 is 1.25 bits per heavy atom. The van der Waals surface area contributed by atoms with E-state index in [9.17, 15) is 14.9 Å². The first-order chi connectivity index (χ1) is 11.5. The molecular formula is C16H13N5O3. The molecule has 0 spiro atoms. The molecule has 24 heavy (non-hydrogen) atoms. The second kappa shape index (κ2) is 6.29. The fourth-order valence-electron chi connectivity index (χ4n) is 2.19. The third-order valence-corrected chi connectivity index (χ3v) is 3.47. The van der Waals surface area contributed by atoms with Gasteiger partial charge in [0, 0.05) is 35.2 Å². The van der Waals surface area contributed by atoms with Crippen LogP contribution in [0, 0.1) is 17.0 Å². The van der Waals surface area contributed by atoms with E-state index < -0.39 is 4.92 Å². The molecule has 8 nitrogen and oxygen atoms in total. The molecule has 1 aromatic carbocycles. The quantitative estimate of drug-likeness (QED) is 0.566. The molecule has 0 fully saturated rings. The zero-order valence-corrected chi connectivity index (χ0v) is 12.7. The number of rotatable bonds is 4. The lowest BCUT2D eigenvalue weighted by atomic mass is 10.1.